The molecule has 0 spiro atoms. The Balaban J connectivity index is 1.75. The van der Waals surface area contributed by atoms with Gasteiger partial charge in [0.25, 0.3) is 5.91 Å². The largest absolute Gasteiger partial charge is 0.487 e. The average Bonchev–Trinajstić information content (AvgIpc) is 3.27. The minimum Gasteiger partial charge on any atom is -0.487 e. The van der Waals surface area contributed by atoms with Gasteiger partial charge in [-0.1, -0.05) is 30.7 Å². The Bertz CT molecular complexity index is 1450. The zero-order chi connectivity index (χ0) is 26.2. The molecule has 7 nitrogen and oxygen atoms in total. The Morgan fingerprint density at radius 3 is 2.69 bits per heavy atom. The molecule has 4 aromatic rings. The number of nitrogens with one attached hydrogen (secondary N) is 1. The van der Waals surface area contributed by atoms with Crippen LogP contribution in [0.1, 0.15) is 36.6 Å². The fourth-order valence-electron chi connectivity index (χ4n) is 4.13. The molecular formula is C26H25ClF2N4O3. The first-order valence-corrected chi connectivity index (χ1v) is 11.6. The molecule has 0 bridgehead atoms. The molecule has 2 N–H and O–H groups in total. The summed E-state index contributed by atoms with van der Waals surface area (Å²) >= 11 is 6.39. The number of hydrogen-bond donors (Lipinski definition) is 2. The molecule has 0 aliphatic rings. The molecule has 0 fully saturated rings. The Hall–Kier alpha value is -3.56. The van der Waals surface area contributed by atoms with Gasteiger partial charge in [0.1, 0.15) is 29.3 Å². The minimum absolute atomic E-state index is 0.0803. The third-order valence-corrected chi connectivity index (χ3v) is 6.61. The second-order valence-electron chi connectivity index (χ2n) is 8.73. The third-order valence-electron chi connectivity index (χ3n) is 6.27. The van der Waals surface area contributed by atoms with E-state index in [2.05, 4.69) is 15.4 Å². The number of halogens is 3. The van der Waals surface area contributed by atoms with Gasteiger partial charge in [0.05, 0.1) is 23.1 Å². The monoisotopic (exact) mass is 514 g/mol. The molecule has 0 saturated carbocycles. The fraction of sp³-hybridized carbons (Fsp3) is 0.269. The van der Waals surface area contributed by atoms with Crippen molar-refractivity contribution < 1.29 is 23.4 Å². The zero-order valence-electron chi connectivity index (χ0n) is 20.1. The van der Waals surface area contributed by atoms with Gasteiger partial charge in [-0.3, -0.25) is 4.79 Å². The number of amides is 1. The first kappa shape index (κ1) is 25.5. The van der Waals surface area contributed by atoms with Crippen molar-refractivity contribution in [3.63, 3.8) is 0 Å². The molecule has 36 heavy (non-hydrogen) atoms. The highest BCUT2D eigenvalue weighted by atomic mass is 35.5. The molecule has 1 amide bonds. The lowest BCUT2D eigenvalue weighted by atomic mass is 9.82. The summed E-state index contributed by atoms with van der Waals surface area (Å²) in [6, 6.07) is 9.50. The van der Waals surface area contributed by atoms with Gasteiger partial charge in [-0.25, -0.2) is 18.4 Å². The van der Waals surface area contributed by atoms with E-state index in [1.165, 1.54) is 30.9 Å². The number of aliphatic hydroxyl groups is 1. The minimum atomic E-state index is -1.83. The van der Waals surface area contributed by atoms with Crippen LogP contribution in [-0.2, 0) is 11.4 Å². The van der Waals surface area contributed by atoms with E-state index in [-0.39, 0.29) is 11.6 Å². The van der Waals surface area contributed by atoms with Crippen molar-refractivity contribution in [2.75, 3.05) is 7.05 Å². The SMILES string of the molecule is CNC(=O)C(C)(O)[C@@H](C)c1cc(F)cc(Cl)c1COc1cccc2c(-n3cc(F)cn3)cc(C)nc12. The van der Waals surface area contributed by atoms with Crippen LogP contribution in [0.4, 0.5) is 8.78 Å². The number of aryl methyl sites for hydroxylation is 1. The summed E-state index contributed by atoms with van der Waals surface area (Å²) in [7, 11) is 1.41. The van der Waals surface area contributed by atoms with Crippen molar-refractivity contribution in [1.82, 2.24) is 20.1 Å². The van der Waals surface area contributed by atoms with Crippen molar-refractivity contribution in [3.8, 4) is 11.4 Å². The van der Waals surface area contributed by atoms with Gasteiger partial charge in [-0.2, -0.15) is 5.10 Å². The summed E-state index contributed by atoms with van der Waals surface area (Å²) in [6.07, 6.45) is 2.39. The summed E-state index contributed by atoms with van der Waals surface area (Å²) in [4.78, 5) is 16.9. The molecule has 2 aromatic carbocycles. The van der Waals surface area contributed by atoms with Gasteiger partial charge in [0, 0.05) is 29.6 Å². The number of fused-ring (bicyclic) bond motifs is 1. The Morgan fingerprint density at radius 1 is 1.28 bits per heavy atom. The maximum atomic E-state index is 14.3. The summed E-state index contributed by atoms with van der Waals surface area (Å²) in [5.41, 5.74) is 0.753. The molecule has 0 radical (unpaired) electrons. The third kappa shape index (κ3) is 4.76. The van der Waals surface area contributed by atoms with E-state index < -0.39 is 29.1 Å². The van der Waals surface area contributed by atoms with E-state index in [9.17, 15) is 18.7 Å². The van der Waals surface area contributed by atoms with Crippen molar-refractivity contribution in [2.45, 2.75) is 38.9 Å². The van der Waals surface area contributed by atoms with Crippen LogP contribution in [0.5, 0.6) is 5.75 Å². The first-order valence-electron chi connectivity index (χ1n) is 11.2. The number of pyridine rings is 1. The van der Waals surface area contributed by atoms with Gasteiger partial charge in [-0.15, -0.1) is 0 Å². The van der Waals surface area contributed by atoms with Crippen LogP contribution in [0.2, 0.25) is 5.02 Å². The number of aromatic nitrogens is 3. The van der Waals surface area contributed by atoms with Gasteiger partial charge < -0.3 is 15.2 Å². The molecule has 1 unspecified atom stereocenters. The van der Waals surface area contributed by atoms with Crippen LogP contribution < -0.4 is 10.1 Å². The second kappa shape index (κ2) is 9.83. The summed E-state index contributed by atoms with van der Waals surface area (Å²) in [5.74, 6) is -2.07. The smallest absolute Gasteiger partial charge is 0.252 e. The maximum absolute atomic E-state index is 14.3. The Kier molecular flexibility index (Phi) is 6.97. The van der Waals surface area contributed by atoms with Crippen molar-refractivity contribution >= 4 is 28.4 Å². The number of benzene rings is 2. The normalized spacial score (nSPS) is 13.9. The van der Waals surface area contributed by atoms with Crippen LogP contribution in [-0.4, -0.2) is 38.4 Å². The van der Waals surface area contributed by atoms with Crippen LogP contribution in [0, 0.1) is 18.6 Å². The van der Waals surface area contributed by atoms with E-state index in [1.54, 1.807) is 32.0 Å². The van der Waals surface area contributed by atoms with E-state index >= 15 is 0 Å². The number of carbonyl (C=O) groups excluding carboxylic acids is 1. The first-order chi connectivity index (χ1) is 17.0. The number of rotatable bonds is 7. The van der Waals surface area contributed by atoms with Crippen molar-refractivity contribution in [3.05, 3.63) is 82.3 Å². The van der Waals surface area contributed by atoms with Gasteiger partial charge in [0.15, 0.2) is 5.82 Å². The molecule has 0 aliphatic carbocycles. The highest BCUT2D eigenvalue weighted by Crippen LogP contribution is 2.36. The lowest BCUT2D eigenvalue weighted by molar-refractivity contribution is -0.139. The van der Waals surface area contributed by atoms with Gasteiger partial charge >= 0.3 is 0 Å². The van der Waals surface area contributed by atoms with Crippen molar-refractivity contribution in [1.29, 1.82) is 0 Å². The molecular weight excluding hydrogens is 490 g/mol. The summed E-state index contributed by atoms with van der Waals surface area (Å²) in [6.45, 7) is 4.69. The standard InChI is InChI=1S/C26H25ClF2N4O3/c1-14-8-22(33-12-17(29)11-31-33)18-6-5-7-23(24(18)32-14)36-13-20-19(9-16(28)10-21(20)27)15(2)26(3,35)25(34)30-4/h5-12,15,35H,13H2,1-4H3,(H,30,34)/t15-,26?/m0/s1. The summed E-state index contributed by atoms with van der Waals surface area (Å²) < 4.78 is 35.5. The predicted octanol–water partition coefficient (Wildman–Crippen LogP) is 4.84. The maximum Gasteiger partial charge on any atom is 0.252 e. The molecule has 188 valence electrons. The molecule has 2 heterocycles. The predicted molar refractivity (Wildman–Crippen MR) is 132 cm³/mol. The highest BCUT2D eigenvalue weighted by Gasteiger charge is 2.38. The van der Waals surface area contributed by atoms with Gasteiger partial charge in [0.2, 0.25) is 0 Å². The van der Waals surface area contributed by atoms with Crippen LogP contribution >= 0.6 is 11.6 Å². The molecule has 2 aromatic heterocycles. The topological polar surface area (TPSA) is 89.3 Å². The van der Waals surface area contributed by atoms with Gasteiger partial charge in [-0.05, 0) is 43.7 Å². The quantitative estimate of drug-likeness (QED) is 0.368. The number of ether oxygens (including phenoxy) is 1. The van der Waals surface area contributed by atoms with E-state index in [4.69, 9.17) is 16.3 Å². The average molecular weight is 515 g/mol. The van der Waals surface area contributed by atoms with Crippen LogP contribution in [0.25, 0.3) is 16.6 Å². The molecule has 0 saturated heterocycles. The van der Waals surface area contributed by atoms with E-state index in [0.29, 0.717) is 39.2 Å². The molecule has 10 heteroatoms. The molecule has 0 aliphatic heterocycles. The number of hydrogen-bond acceptors (Lipinski definition) is 5. The van der Waals surface area contributed by atoms with Crippen LogP contribution in [0.3, 0.4) is 0 Å². The Labute approximate surface area is 211 Å². The van der Waals surface area contributed by atoms with E-state index in [1.807, 2.05) is 6.07 Å². The molecule has 4 rings (SSSR count). The zero-order valence-corrected chi connectivity index (χ0v) is 20.9. The van der Waals surface area contributed by atoms with E-state index in [0.717, 1.165) is 12.3 Å². The number of para-hydroxylation sites is 1. The lowest BCUT2D eigenvalue weighted by Gasteiger charge is -2.30. The Morgan fingerprint density at radius 2 is 2.03 bits per heavy atom. The number of likely N-dealkylation sites (N-methyl/N-ethyl adjacent to an activating group) is 1. The highest BCUT2D eigenvalue weighted by molar-refractivity contribution is 6.31. The molecule has 2 atom stereocenters. The van der Waals surface area contributed by atoms with Crippen molar-refractivity contribution in [2.24, 2.45) is 0 Å². The second-order valence-corrected chi connectivity index (χ2v) is 9.14. The van der Waals surface area contributed by atoms with Crippen LogP contribution in [0.15, 0.2) is 48.8 Å². The number of nitrogens with zero attached hydrogens (tertiary/aromatic N) is 3. The lowest BCUT2D eigenvalue weighted by Crippen LogP contribution is -2.47. The summed E-state index contributed by atoms with van der Waals surface area (Å²) in [5, 5.41) is 18.1. The number of carbonyl (C=O) groups is 1. The fourth-order valence-corrected chi connectivity index (χ4v) is 4.40.